The molecule has 4 rings (SSSR count). The Hall–Kier alpha value is -3.24. The van der Waals surface area contributed by atoms with Crippen molar-refractivity contribution in [2.24, 2.45) is 0 Å². The molecule has 174 valence electrons. The van der Waals surface area contributed by atoms with Crippen LogP contribution in [0.15, 0.2) is 42.6 Å². The zero-order chi connectivity index (χ0) is 23.6. The van der Waals surface area contributed by atoms with Crippen LogP contribution in [0.3, 0.4) is 0 Å². The number of carbonyl (C=O) groups excluding carboxylic acids is 1. The van der Waals surface area contributed by atoms with Crippen LogP contribution in [-0.4, -0.2) is 61.1 Å². The summed E-state index contributed by atoms with van der Waals surface area (Å²) < 4.78 is 30.5. The van der Waals surface area contributed by atoms with Gasteiger partial charge in [-0.1, -0.05) is 12.1 Å². The third-order valence-corrected chi connectivity index (χ3v) is 6.95. The molecule has 1 aliphatic rings. The molecule has 1 saturated heterocycles. The van der Waals surface area contributed by atoms with Gasteiger partial charge in [0, 0.05) is 55.0 Å². The van der Waals surface area contributed by atoms with Crippen molar-refractivity contribution in [3.05, 3.63) is 42.6 Å². The lowest BCUT2D eigenvalue weighted by molar-refractivity contribution is -0.114. The van der Waals surface area contributed by atoms with Crippen LogP contribution in [0.4, 0.5) is 11.6 Å². The van der Waals surface area contributed by atoms with E-state index >= 15 is 0 Å². The Bertz CT molecular complexity index is 1290. The van der Waals surface area contributed by atoms with Gasteiger partial charge in [0.2, 0.25) is 21.9 Å². The molecule has 1 aliphatic heterocycles. The maximum atomic E-state index is 11.7. The van der Waals surface area contributed by atoms with Gasteiger partial charge in [0.05, 0.1) is 18.9 Å². The van der Waals surface area contributed by atoms with E-state index in [4.69, 9.17) is 4.74 Å². The number of rotatable bonds is 6. The zero-order valence-electron chi connectivity index (χ0n) is 18.8. The van der Waals surface area contributed by atoms with Gasteiger partial charge in [0.25, 0.3) is 0 Å². The highest BCUT2D eigenvalue weighted by molar-refractivity contribution is 7.88. The molecule has 0 radical (unpaired) electrons. The van der Waals surface area contributed by atoms with E-state index in [1.54, 1.807) is 13.3 Å². The third-order valence-electron chi connectivity index (χ3n) is 5.65. The topological polar surface area (TPSA) is 114 Å². The van der Waals surface area contributed by atoms with E-state index in [1.807, 2.05) is 36.4 Å². The molecule has 1 aromatic heterocycles. The number of methoxy groups -OCH3 is 1. The van der Waals surface area contributed by atoms with Gasteiger partial charge in [0.15, 0.2) is 0 Å². The number of amides is 1. The predicted molar refractivity (Wildman–Crippen MR) is 129 cm³/mol. The van der Waals surface area contributed by atoms with Gasteiger partial charge in [-0.3, -0.25) is 4.79 Å². The number of nitrogens with zero attached hydrogens (tertiary/aromatic N) is 3. The number of anilines is 2. The lowest BCUT2D eigenvalue weighted by Crippen LogP contribution is -2.42. The van der Waals surface area contributed by atoms with E-state index in [0.717, 1.165) is 22.0 Å². The Labute approximate surface area is 193 Å². The molecule has 2 aromatic carbocycles. The van der Waals surface area contributed by atoms with Crippen LogP contribution in [0, 0.1) is 0 Å². The number of nitrogens with one attached hydrogen (secondary N) is 2. The third kappa shape index (κ3) is 5.40. The minimum absolute atomic E-state index is 0.109. The molecule has 0 bridgehead atoms. The lowest BCUT2D eigenvalue weighted by atomic mass is 10.0. The van der Waals surface area contributed by atoms with Crippen LogP contribution in [0.2, 0.25) is 0 Å². The summed E-state index contributed by atoms with van der Waals surface area (Å²) >= 11 is 0. The summed E-state index contributed by atoms with van der Waals surface area (Å²) in [5.41, 5.74) is 3.22. The summed E-state index contributed by atoms with van der Waals surface area (Å²) in [7, 11) is -1.55. The Morgan fingerprint density at radius 2 is 1.94 bits per heavy atom. The van der Waals surface area contributed by atoms with Crippen molar-refractivity contribution in [3.8, 4) is 16.9 Å². The second-order valence-corrected chi connectivity index (χ2v) is 10.1. The molecule has 2 N–H and O–H groups in total. The van der Waals surface area contributed by atoms with E-state index in [2.05, 4.69) is 20.6 Å². The lowest BCUT2D eigenvalue weighted by Gasteiger charge is -2.30. The summed E-state index contributed by atoms with van der Waals surface area (Å²) in [6, 6.07) is 11.5. The van der Waals surface area contributed by atoms with E-state index in [-0.39, 0.29) is 11.9 Å². The molecule has 10 heteroatoms. The smallest absolute Gasteiger partial charge is 0.223 e. The van der Waals surface area contributed by atoms with Gasteiger partial charge in [-0.25, -0.2) is 22.7 Å². The maximum absolute atomic E-state index is 11.7. The normalized spacial score (nSPS) is 15.4. The molecule has 3 aromatic rings. The fraction of sp³-hybridized carbons (Fsp3) is 0.348. The first kappa shape index (κ1) is 22.9. The molecular formula is C23H27N5O4S. The van der Waals surface area contributed by atoms with Crippen LogP contribution in [0.1, 0.15) is 19.8 Å². The second-order valence-electron chi connectivity index (χ2n) is 8.15. The molecule has 0 unspecified atom stereocenters. The van der Waals surface area contributed by atoms with Crippen molar-refractivity contribution in [1.82, 2.24) is 14.3 Å². The van der Waals surface area contributed by atoms with Crippen LogP contribution < -0.4 is 15.4 Å². The minimum Gasteiger partial charge on any atom is -0.496 e. The Balaban J connectivity index is 1.57. The minimum atomic E-state index is -3.15. The first-order chi connectivity index (χ1) is 15.7. The Morgan fingerprint density at radius 3 is 2.61 bits per heavy atom. The summed E-state index contributed by atoms with van der Waals surface area (Å²) in [5, 5.41) is 6.98. The molecule has 9 nitrogen and oxygen atoms in total. The average Bonchev–Trinajstić information content (AvgIpc) is 2.77. The molecule has 0 aliphatic carbocycles. The number of ether oxygens (including phenoxy) is 1. The number of aromatic nitrogens is 2. The van der Waals surface area contributed by atoms with Gasteiger partial charge < -0.3 is 15.4 Å². The molecule has 33 heavy (non-hydrogen) atoms. The van der Waals surface area contributed by atoms with Gasteiger partial charge >= 0.3 is 0 Å². The molecule has 0 atom stereocenters. The SMILES string of the molecule is COc1cc2nc(NC3CCN(S(C)(=O)=O)CC3)ncc2cc1-c1cccc(NC(C)=O)c1. The van der Waals surface area contributed by atoms with Crippen LogP contribution >= 0.6 is 0 Å². The second kappa shape index (κ2) is 9.32. The average molecular weight is 470 g/mol. The highest BCUT2D eigenvalue weighted by Gasteiger charge is 2.25. The largest absolute Gasteiger partial charge is 0.496 e. The van der Waals surface area contributed by atoms with Gasteiger partial charge in [-0.05, 0) is 36.6 Å². The predicted octanol–water partition coefficient (Wildman–Crippen LogP) is 3.10. The first-order valence-electron chi connectivity index (χ1n) is 10.7. The van der Waals surface area contributed by atoms with Gasteiger partial charge in [-0.15, -0.1) is 0 Å². The standard InChI is InChI=1S/C23H27N5O4S/c1-15(29)25-19-6-4-5-16(11-19)20-12-17-14-24-23(27-21(17)13-22(20)32-2)26-18-7-9-28(10-8-18)33(3,30)31/h4-6,11-14,18H,7-10H2,1-3H3,(H,25,29)(H,24,26,27). The molecular weight excluding hydrogens is 442 g/mol. The van der Waals surface area contributed by atoms with Crippen LogP contribution in [-0.2, 0) is 14.8 Å². The van der Waals surface area contributed by atoms with E-state index in [9.17, 15) is 13.2 Å². The number of piperidine rings is 1. The van der Waals surface area contributed by atoms with E-state index < -0.39 is 10.0 Å². The molecule has 1 amide bonds. The van der Waals surface area contributed by atoms with Crippen molar-refractivity contribution in [2.45, 2.75) is 25.8 Å². The summed E-state index contributed by atoms with van der Waals surface area (Å²) in [5.74, 6) is 1.03. The van der Waals surface area contributed by atoms with Crippen molar-refractivity contribution in [1.29, 1.82) is 0 Å². The number of hydrogen-bond donors (Lipinski definition) is 2. The summed E-state index contributed by atoms with van der Waals surface area (Å²) in [4.78, 5) is 20.5. The fourth-order valence-corrected chi connectivity index (χ4v) is 4.88. The summed E-state index contributed by atoms with van der Waals surface area (Å²) in [6.45, 7) is 2.44. The van der Waals surface area contributed by atoms with Crippen LogP contribution in [0.25, 0.3) is 22.0 Å². The number of benzene rings is 2. The number of carbonyl (C=O) groups is 1. The van der Waals surface area contributed by atoms with Gasteiger partial charge in [-0.2, -0.15) is 0 Å². The van der Waals surface area contributed by atoms with Gasteiger partial charge in [0.1, 0.15) is 5.75 Å². The fourth-order valence-electron chi connectivity index (χ4n) is 4.01. The number of hydrogen-bond acceptors (Lipinski definition) is 7. The summed E-state index contributed by atoms with van der Waals surface area (Å²) in [6.07, 6.45) is 4.39. The maximum Gasteiger partial charge on any atom is 0.223 e. The Morgan fingerprint density at radius 1 is 1.18 bits per heavy atom. The molecule has 0 saturated carbocycles. The van der Waals surface area contributed by atoms with E-state index in [1.165, 1.54) is 17.5 Å². The quantitative estimate of drug-likeness (QED) is 0.570. The number of fused-ring (bicyclic) bond motifs is 1. The molecule has 0 spiro atoms. The van der Waals surface area contributed by atoms with Crippen LogP contribution in [0.5, 0.6) is 5.75 Å². The van der Waals surface area contributed by atoms with Crippen molar-refractivity contribution >= 4 is 38.5 Å². The first-order valence-corrected chi connectivity index (χ1v) is 12.5. The highest BCUT2D eigenvalue weighted by atomic mass is 32.2. The molecule has 1 fully saturated rings. The van der Waals surface area contributed by atoms with Crippen molar-refractivity contribution < 1.29 is 17.9 Å². The monoisotopic (exact) mass is 469 g/mol. The molecule has 2 heterocycles. The van der Waals surface area contributed by atoms with E-state index in [0.29, 0.717) is 43.3 Å². The zero-order valence-corrected chi connectivity index (χ0v) is 19.6. The van der Waals surface area contributed by atoms with Crippen molar-refractivity contribution in [3.63, 3.8) is 0 Å². The van der Waals surface area contributed by atoms with Crippen molar-refractivity contribution in [2.75, 3.05) is 37.1 Å². The number of sulfonamides is 1. The Kier molecular flexibility index (Phi) is 6.48. The highest BCUT2D eigenvalue weighted by Crippen LogP contribution is 2.35.